The van der Waals surface area contributed by atoms with Gasteiger partial charge in [-0.05, 0) is 80.2 Å². The maximum atomic E-state index is 14.1. The summed E-state index contributed by atoms with van der Waals surface area (Å²) in [6.07, 6.45) is 1.44. The lowest BCUT2D eigenvalue weighted by Gasteiger charge is -2.30. The first-order chi connectivity index (χ1) is 16.0. The summed E-state index contributed by atoms with van der Waals surface area (Å²) in [6.45, 7) is 4.45. The molecule has 1 aliphatic heterocycles. The Labute approximate surface area is 192 Å². The lowest BCUT2D eigenvalue weighted by Crippen LogP contribution is -2.38. The van der Waals surface area contributed by atoms with Gasteiger partial charge < -0.3 is 14.0 Å². The molecule has 7 heteroatoms. The lowest BCUT2D eigenvalue weighted by molar-refractivity contribution is -0.149. The topological polar surface area (TPSA) is 60.8 Å². The maximum Gasteiger partial charge on any atom is 0.309 e. The number of rotatable bonds is 7. The molecular weight excluding hydrogens is 423 g/mol. The number of likely N-dealkylation sites (tertiary alicyclic amines) is 1. The molecule has 4 rings (SSSR count). The van der Waals surface area contributed by atoms with Crippen molar-refractivity contribution in [2.45, 2.75) is 32.9 Å². The van der Waals surface area contributed by atoms with Gasteiger partial charge in [-0.15, -0.1) is 0 Å². The Morgan fingerprint density at radius 2 is 1.88 bits per heavy atom. The first-order valence-corrected chi connectivity index (χ1v) is 11.3. The number of ether oxygens (including phenoxy) is 2. The summed E-state index contributed by atoms with van der Waals surface area (Å²) in [5.41, 5.74) is 1.98. The third-order valence-corrected chi connectivity index (χ3v) is 6.21. The van der Waals surface area contributed by atoms with Crippen molar-refractivity contribution in [1.29, 1.82) is 0 Å². The van der Waals surface area contributed by atoms with Crippen LogP contribution in [-0.2, 0) is 22.6 Å². The van der Waals surface area contributed by atoms with E-state index in [0.717, 1.165) is 36.9 Å². The van der Waals surface area contributed by atoms with E-state index in [-0.39, 0.29) is 23.3 Å². The monoisotopic (exact) mass is 452 g/mol. The number of carbonyl (C=O) groups is 1. The van der Waals surface area contributed by atoms with Crippen LogP contribution < -0.4 is 10.3 Å². The van der Waals surface area contributed by atoms with Gasteiger partial charge in [-0.3, -0.25) is 14.5 Å². The molecule has 174 valence electrons. The summed E-state index contributed by atoms with van der Waals surface area (Å²) in [5.74, 6) is 0.114. The summed E-state index contributed by atoms with van der Waals surface area (Å²) in [6, 6.07) is 13.9. The minimum atomic E-state index is -0.380. The molecule has 0 atom stereocenters. The van der Waals surface area contributed by atoms with E-state index in [1.807, 2.05) is 37.3 Å². The Kier molecular flexibility index (Phi) is 7.08. The molecule has 0 unspecified atom stereocenters. The van der Waals surface area contributed by atoms with E-state index >= 15 is 0 Å². The van der Waals surface area contributed by atoms with Crippen LogP contribution in [0, 0.1) is 11.7 Å². The number of aromatic nitrogens is 1. The van der Waals surface area contributed by atoms with Crippen LogP contribution in [0.5, 0.6) is 5.75 Å². The van der Waals surface area contributed by atoms with Crippen molar-refractivity contribution in [3.8, 4) is 5.75 Å². The Morgan fingerprint density at radius 3 is 2.61 bits per heavy atom. The van der Waals surface area contributed by atoms with Crippen molar-refractivity contribution < 1.29 is 18.7 Å². The number of halogens is 1. The quantitative estimate of drug-likeness (QED) is 0.508. The molecule has 6 nitrogen and oxygen atoms in total. The molecule has 3 aromatic rings. The standard InChI is InChI=1S/C26H29FN2O4/c1-3-33-26(31)19-9-11-28(12-10-19)17-21-14-20-7-8-22(27)15-24(20)29(25(21)30)16-18-5-4-6-23(13-18)32-2/h4-8,13-15,19H,3,9-12,16-17H2,1-2H3. The average Bonchev–Trinajstić information content (AvgIpc) is 2.83. The summed E-state index contributed by atoms with van der Waals surface area (Å²) >= 11 is 0. The number of pyridine rings is 1. The van der Waals surface area contributed by atoms with Crippen molar-refractivity contribution in [3.05, 3.63) is 75.8 Å². The molecule has 1 aromatic heterocycles. The molecule has 0 N–H and O–H groups in total. The van der Waals surface area contributed by atoms with Crippen molar-refractivity contribution >= 4 is 16.9 Å². The molecule has 33 heavy (non-hydrogen) atoms. The van der Waals surface area contributed by atoms with E-state index < -0.39 is 0 Å². The van der Waals surface area contributed by atoms with Gasteiger partial charge in [0, 0.05) is 12.1 Å². The van der Waals surface area contributed by atoms with E-state index in [4.69, 9.17) is 9.47 Å². The van der Waals surface area contributed by atoms with Crippen molar-refractivity contribution in [1.82, 2.24) is 9.47 Å². The number of hydrogen-bond donors (Lipinski definition) is 0. The third-order valence-electron chi connectivity index (χ3n) is 6.21. The number of nitrogens with zero attached hydrogens (tertiary/aromatic N) is 2. The lowest BCUT2D eigenvalue weighted by atomic mass is 9.96. The average molecular weight is 453 g/mol. The zero-order valence-corrected chi connectivity index (χ0v) is 19.1. The second kappa shape index (κ2) is 10.2. The highest BCUT2D eigenvalue weighted by Crippen LogP contribution is 2.22. The normalized spacial score (nSPS) is 15.0. The van der Waals surface area contributed by atoms with Crippen molar-refractivity contribution in [3.63, 3.8) is 0 Å². The summed E-state index contributed by atoms with van der Waals surface area (Å²) < 4.78 is 26.1. The number of carbonyl (C=O) groups excluding carboxylic acids is 1. The van der Waals surface area contributed by atoms with Crippen molar-refractivity contribution in [2.24, 2.45) is 5.92 Å². The van der Waals surface area contributed by atoms with Gasteiger partial charge in [0.2, 0.25) is 0 Å². The highest BCUT2D eigenvalue weighted by Gasteiger charge is 2.26. The van der Waals surface area contributed by atoms with Gasteiger partial charge in [0.15, 0.2) is 0 Å². The van der Waals surface area contributed by atoms with Crippen LogP contribution in [0.1, 0.15) is 30.9 Å². The Bertz CT molecular complexity index is 1200. The Hall–Kier alpha value is -3.19. The second-order valence-corrected chi connectivity index (χ2v) is 8.42. The highest BCUT2D eigenvalue weighted by molar-refractivity contribution is 5.80. The SMILES string of the molecule is CCOC(=O)C1CCN(Cc2cc3ccc(F)cc3n(Cc3cccc(OC)c3)c2=O)CC1. The molecule has 0 bridgehead atoms. The molecule has 0 spiro atoms. The van der Waals surface area contributed by atoms with E-state index in [1.54, 1.807) is 17.7 Å². The largest absolute Gasteiger partial charge is 0.497 e. The smallest absolute Gasteiger partial charge is 0.309 e. The van der Waals surface area contributed by atoms with Gasteiger partial charge in [0.05, 0.1) is 31.7 Å². The van der Waals surface area contributed by atoms with Crippen LogP contribution in [0.15, 0.2) is 53.3 Å². The predicted octanol–water partition coefficient (Wildman–Crippen LogP) is 3.97. The molecule has 0 radical (unpaired) electrons. The van der Waals surface area contributed by atoms with Gasteiger partial charge >= 0.3 is 5.97 Å². The predicted molar refractivity (Wildman–Crippen MR) is 125 cm³/mol. The fourth-order valence-electron chi connectivity index (χ4n) is 4.46. The fraction of sp³-hybridized carbons (Fsp3) is 0.385. The number of hydrogen-bond acceptors (Lipinski definition) is 5. The number of benzene rings is 2. The Morgan fingerprint density at radius 1 is 1.09 bits per heavy atom. The summed E-state index contributed by atoms with van der Waals surface area (Å²) in [7, 11) is 1.60. The summed E-state index contributed by atoms with van der Waals surface area (Å²) in [4.78, 5) is 27.7. The Balaban J connectivity index is 1.62. The van der Waals surface area contributed by atoms with Crippen LogP contribution >= 0.6 is 0 Å². The van der Waals surface area contributed by atoms with E-state index in [0.29, 0.717) is 36.5 Å². The van der Waals surface area contributed by atoms with Gasteiger partial charge in [-0.2, -0.15) is 0 Å². The van der Waals surface area contributed by atoms with E-state index in [2.05, 4.69) is 4.90 Å². The molecular formula is C26H29FN2O4. The van der Waals surface area contributed by atoms with Crippen molar-refractivity contribution in [2.75, 3.05) is 26.8 Å². The molecule has 0 aliphatic carbocycles. The maximum absolute atomic E-state index is 14.1. The number of fused-ring (bicyclic) bond motifs is 1. The van der Waals surface area contributed by atoms with Crippen LogP contribution in [0.3, 0.4) is 0 Å². The van der Waals surface area contributed by atoms with E-state index in [1.165, 1.54) is 12.1 Å². The first kappa shape index (κ1) is 23.0. The second-order valence-electron chi connectivity index (χ2n) is 8.42. The van der Waals surface area contributed by atoms with E-state index in [9.17, 15) is 14.0 Å². The fourth-order valence-corrected chi connectivity index (χ4v) is 4.46. The zero-order valence-electron chi connectivity index (χ0n) is 19.1. The van der Waals surface area contributed by atoms with Crippen LogP contribution in [0.4, 0.5) is 4.39 Å². The van der Waals surface area contributed by atoms with Gasteiger partial charge in [-0.1, -0.05) is 12.1 Å². The minimum absolute atomic E-state index is 0.0782. The summed E-state index contributed by atoms with van der Waals surface area (Å²) in [5, 5.41) is 0.815. The molecule has 0 amide bonds. The third kappa shape index (κ3) is 5.25. The minimum Gasteiger partial charge on any atom is -0.497 e. The van der Waals surface area contributed by atoms with Gasteiger partial charge in [0.25, 0.3) is 5.56 Å². The van der Waals surface area contributed by atoms with Crippen LogP contribution in [-0.4, -0.2) is 42.2 Å². The number of piperidine rings is 1. The molecule has 1 fully saturated rings. The number of esters is 1. The van der Waals surface area contributed by atoms with Crippen LogP contribution in [0.25, 0.3) is 10.9 Å². The molecule has 2 aromatic carbocycles. The van der Waals surface area contributed by atoms with Crippen LogP contribution in [0.2, 0.25) is 0 Å². The van der Waals surface area contributed by atoms with Gasteiger partial charge in [-0.25, -0.2) is 4.39 Å². The molecule has 0 saturated carbocycles. The number of methoxy groups -OCH3 is 1. The zero-order chi connectivity index (χ0) is 23.4. The highest BCUT2D eigenvalue weighted by atomic mass is 19.1. The van der Waals surface area contributed by atoms with Gasteiger partial charge in [0.1, 0.15) is 11.6 Å². The molecule has 2 heterocycles. The first-order valence-electron chi connectivity index (χ1n) is 11.3. The molecule has 1 aliphatic rings. The molecule has 1 saturated heterocycles.